The van der Waals surface area contributed by atoms with Gasteiger partial charge in [-0.25, -0.2) is 4.79 Å². The second kappa shape index (κ2) is 15.7. The molecule has 34 heavy (non-hydrogen) atoms. The van der Waals surface area contributed by atoms with E-state index in [1.54, 1.807) is 36.0 Å². The van der Waals surface area contributed by atoms with Crippen LogP contribution in [0, 0.1) is 0 Å². The summed E-state index contributed by atoms with van der Waals surface area (Å²) < 4.78 is 17.7. The van der Waals surface area contributed by atoms with Crippen molar-refractivity contribution in [3.63, 3.8) is 0 Å². The molecule has 1 amide bonds. The van der Waals surface area contributed by atoms with Gasteiger partial charge in [-0.2, -0.15) is 11.8 Å². The van der Waals surface area contributed by atoms with Crippen molar-refractivity contribution >= 4 is 44.0 Å². The van der Waals surface area contributed by atoms with Gasteiger partial charge in [0.25, 0.3) is 5.91 Å². The molecule has 1 N–H and O–H groups in total. The van der Waals surface area contributed by atoms with Gasteiger partial charge in [0, 0.05) is 42.3 Å². The predicted molar refractivity (Wildman–Crippen MR) is 145 cm³/mol. The number of benzene rings is 1. The van der Waals surface area contributed by atoms with Gasteiger partial charge in [0.15, 0.2) is 0 Å². The number of amides is 1. The minimum absolute atomic E-state index is 0.234. The molecule has 6 nitrogen and oxygen atoms in total. The van der Waals surface area contributed by atoms with Gasteiger partial charge in [0.1, 0.15) is 6.61 Å². The summed E-state index contributed by atoms with van der Waals surface area (Å²) in [6.45, 7) is 12.3. The van der Waals surface area contributed by atoms with Crippen LogP contribution < -0.4 is 5.32 Å². The molecule has 1 aliphatic heterocycles. The van der Waals surface area contributed by atoms with Crippen LogP contribution >= 0.6 is 23.5 Å². The van der Waals surface area contributed by atoms with Crippen LogP contribution in [0.1, 0.15) is 54.3 Å². The molecule has 1 heterocycles. The molecule has 0 radical (unpaired) electrons. The van der Waals surface area contributed by atoms with Crippen LogP contribution in [0.25, 0.3) is 0 Å². The van der Waals surface area contributed by atoms with Crippen LogP contribution in [0.3, 0.4) is 0 Å². The van der Waals surface area contributed by atoms with Crippen LogP contribution in [0.15, 0.2) is 36.4 Å². The van der Waals surface area contributed by atoms with Crippen molar-refractivity contribution in [2.75, 3.05) is 43.6 Å². The van der Waals surface area contributed by atoms with Crippen molar-refractivity contribution in [3.8, 4) is 0 Å². The summed E-state index contributed by atoms with van der Waals surface area (Å²) >= 11 is 3.59. The second-order valence-corrected chi connectivity index (χ2v) is 13.9. The van der Waals surface area contributed by atoms with E-state index >= 15 is 0 Å². The van der Waals surface area contributed by atoms with E-state index in [0.29, 0.717) is 37.5 Å². The van der Waals surface area contributed by atoms with Gasteiger partial charge >= 0.3 is 14.5 Å². The van der Waals surface area contributed by atoms with Crippen LogP contribution in [-0.2, 0) is 13.6 Å². The molecule has 0 saturated carbocycles. The lowest BCUT2D eigenvalue weighted by Crippen LogP contribution is -2.42. The van der Waals surface area contributed by atoms with Crippen molar-refractivity contribution in [2.24, 2.45) is 0 Å². The maximum absolute atomic E-state index is 12.9. The second-order valence-electron chi connectivity index (χ2n) is 8.23. The molecule has 2 rings (SSSR count). The summed E-state index contributed by atoms with van der Waals surface area (Å²) in [6.07, 6.45) is 1.79. The highest BCUT2D eigenvalue weighted by Gasteiger charge is 2.35. The van der Waals surface area contributed by atoms with E-state index in [0.717, 1.165) is 42.2 Å². The number of esters is 1. The Kier molecular flexibility index (Phi) is 13.4. The first-order valence-corrected chi connectivity index (χ1v) is 16.6. The molecule has 1 saturated heterocycles. The number of hydrogen-bond donors (Lipinski definition) is 1. The average molecular weight is 526 g/mol. The highest BCUT2D eigenvalue weighted by atomic mass is 32.2. The van der Waals surface area contributed by atoms with Gasteiger partial charge in [-0.05, 0) is 44.5 Å². The predicted octanol–water partition coefficient (Wildman–Crippen LogP) is 5.29. The topological polar surface area (TPSA) is 73.9 Å². The highest BCUT2D eigenvalue weighted by molar-refractivity contribution is 8.04. The maximum Gasteiger partial charge on any atom is 0.338 e. The number of carbonyl (C=O) groups is 2. The first kappa shape index (κ1) is 29.0. The average Bonchev–Trinajstić information content (AvgIpc) is 3.04. The lowest BCUT2D eigenvalue weighted by atomic mass is 10.1. The summed E-state index contributed by atoms with van der Waals surface area (Å²) in [5.41, 5.74) is 1.85. The molecule has 190 valence electrons. The first-order chi connectivity index (χ1) is 16.4. The molecule has 1 atom stereocenters. The minimum Gasteiger partial charge on any atom is -0.461 e. The van der Waals surface area contributed by atoms with Gasteiger partial charge in [0.05, 0.1) is 11.1 Å². The summed E-state index contributed by atoms with van der Waals surface area (Å²) in [5, 5.41) is 3.19. The number of thioether (sulfide) groups is 2. The molecule has 0 spiro atoms. The summed E-state index contributed by atoms with van der Waals surface area (Å²) in [5.74, 6) is 2.05. The SMILES string of the molecule is C=C1CSCC(COC(=O)c2ccccc2C(=O)NCCC[Si](CCC)(OCC)OCC)SC1. The Labute approximate surface area is 214 Å². The molecular formula is C25H39NO5S2Si. The third-order valence-corrected chi connectivity index (χ3v) is 12.2. The lowest BCUT2D eigenvalue weighted by molar-refractivity contribution is 0.0508. The fourth-order valence-corrected chi connectivity index (χ4v) is 9.73. The van der Waals surface area contributed by atoms with E-state index in [1.807, 2.05) is 25.6 Å². The van der Waals surface area contributed by atoms with E-state index in [4.69, 9.17) is 13.6 Å². The van der Waals surface area contributed by atoms with Gasteiger partial charge in [0.2, 0.25) is 0 Å². The van der Waals surface area contributed by atoms with Crippen LogP contribution in [0.4, 0.5) is 0 Å². The Morgan fingerprint density at radius 2 is 1.79 bits per heavy atom. The molecule has 9 heteroatoms. The fraction of sp³-hybridized carbons (Fsp3) is 0.600. The van der Waals surface area contributed by atoms with Crippen molar-refractivity contribution in [3.05, 3.63) is 47.5 Å². The largest absolute Gasteiger partial charge is 0.461 e. The molecule has 1 aliphatic rings. The smallest absolute Gasteiger partial charge is 0.338 e. The van der Waals surface area contributed by atoms with Crippen molar-refractivity contribution in [1.82, 2.24) is 5.32 Å². The molecule has 0 bridgehead atoms. The van der Waals surface area contributed by atoms with E-state index in [1.165, 1.54) is 5.57 Å². The minimum atomic E-state index is -2.25. The Bertz CT molecular complexity index is 790. The van der Waals surface area contributed by atoms with Crippen molar-refractivity contribution in [2.45, 2.75) is 51.0 Å². The lowest BCUT2D eigenvalue weighted by Gasteiger charge is -2.29. The summed E-state index contributed by atoms with van der Waals surface area (Å²) in [4.78, 5) is 25.6. The maximum atomic E-state index is 12.9. The normalized spacial score (nSPS) is 16.7. The quantitative estimate of drug-likeness (QED) is 0.153. The van der Waals surface area contributed by atoms with Crippen LogP contribution in [0.5, 0.6) is 0 Å². The van der Waals surface area contributed by atoms with E-state index in [9.17, 15) is 9.59 Å². The number of carbonyl (C=O) groups excluding carboxylic acids is 2. The van der Waals surface area contributed by atoms with Crippen molar-refractivity contribution < 1.29 is 23.2 Å². The monoisotopic (exact) mass is 525 g/mol. The number of rotatable bonds is 14. The van der Waals surface area contributed by atoms with Gasteiger partial charge in [-0.15, -0.1) is 11.8 Å². The van der Waals surface area contributed by atoms with Gasteiger partial charge in [-0.1, -0.05) is 37.6 Å². The molecule has 0 aliphatic carbocycles. The number of nitrogens with one attached hydrogen (secondary N) is 1. The van der Waals surface area contributed by atoms with E-state index < -0.39 is 14.5 Å². The molecule has 1 fully saturated rings. The molecule has 1 unspecified atom stereocenters. The van der Waals surface area contributed by atoms with Crippen LogP contribution in [0.2, 0.25) is 12.1 Å². The Balaban J connectivity index is 1.90. The molecule has 1 aromatic carbocycles. The molecule has 1 aromatic rings. The van der Waals surface area contributed by atoms with Gasteiger partial charge < -0.3 is 18.9 Å². The Morgan fingerprint density at radius 1 is 1.09 bits per heavy atom. The Morgan fingerprint density at radius 3 is 2.47 bits per heavy atom. The van der Waals surface area contributed by atoms with Gasteiger partial charge in [-0.3, -0.25) is 4.79 Å². The zero-order valence-corrected chi connectivity index (χ0v) is 23.4. The summed E-state index contributed by atoms with van der Waals surface area (Å²) in [7, 11) is -2.25. The fourth-order valence-electron chi connectivity index (χ4n) is 3.88. The third-order valence-electron chi connectivity index (χ3n) is 5.39. The zero-order chi connectivity index (χ0) is 24.8. The molecular weight excluding hydrogens is 486 g/mol. The number of hydrogen-bond acceptors (Lipinski definition) is 7. The highest BCUT2D eigenvalue weighted by Crippen LogP contribution is 2.26. The van der Waals surface area contributed by atoms with Crippen molar-refractivity contribution in [1.29, 1.82) is 0 Å². The van der Waals surface area contributed by atoms with E-state index in [2.05, 4.69) is 18.8 Å². The first-order valence-electron chi connectivity index (χ1n) is 12.1. The summed E-state index contributed by atoms with van der Waals surface area (Å²) in [6, 6.07) is 8.61. The Hall–Kier alpha value is -1.26. The van der Waals surface area contributed by atoms with E-state index in [-0.39, 0.29) is 11.2 Å². The number of ether oxygens (including phenoxy) is 1. The zero-order valence-electron chi connectivity index (χ0n) is 20.7. The molecule has 0 aromatic heterocycles. The third kappa shape index (κ3) is 9.41. The standard InChI is InChI=1S/C25H39NO5S2Si/c1-5-14-34(30-6-2,31-7-3)15-10-13-26-24(27)22-11-8-9-12-23(22)25(28)29-16-21-19-32-17-20(4)18-33-21/h8-9,11-12,21H,4-7,10,13-19H2,1-3H3,(H,26,27). The van der Waals surface area contributed by atoms with Crippen LogP contribution in [-0.4, -0.2) is 69.3 Å².